The highest BCUT2D eigenvalue weighted by Crippen LogP contribution is 2.25. The fraction of sp³-hybridized carbons (Fsp3) is 0. The number of hydrogen-bond acceptors (Lipinski definition) is 5. The van der Waals surface area contributed by atoms with Crippen molar-refractivity contribution in [2.45, 2.75) is 0 Å². The molecule has 0 aliphatic carbocycles. The second kappa shape index (κ2) is 6.51. The molecule has 24 heavy (non-hydrogen) atoms. The van der Waals surface area contributed by atoms with Crippen LogP contribution in [0, 0.1) is 5.82 Å². The number of hydrazone groups is 1. The Bertz CT molecular complexity index is 1010. The molecule has 0 saturated heterocycles. The number of nitrogens with one attached hydrogen (secondary N) is 1. The molecule has 0 radical (unpaired) electrons. The largest absolute Gasteiger partial charge is 0.253 e. The van der Waals surface area contributed by atoms with Crippen molar-refractivity contribution in [2.75, 3.05) is 5.43 Å². The zero-order valence-corrected chi connectivity index (χ0v) is 14.1. The molecular formula is C18H12FN3S2. The van der Waals surface area contributed by atoms with Crippen molar-refractivity contribution in [3.63, 3.8) is 0 Å². The van der Waals surface area contributed by atoms with Crippen LogP contribution in [0.25, 0.3) is 21.3 Å². The molecule has 0 unspecified atom stereocenters. The summed E-state index contributed by atoms with van der Waals surface area (Å²) in [6.07, 6.45) is 1.48. The normalized spacial score (nSPS) is 11.4. The summed E-state index contributed by atoms with van der Waals surface area (Å²) in [4.78, 5) is 4.48. The Morgan fingerprint density at radius 3 is 2.83 bits per heavy atom. The van der Waals surface area contributed by atoms with Crippen molar-refractivity contribution in [3.05, 3.63) is 70.7 Å². The van der Waals surface area contributed by atoms with E-state index in [9.17, 15) is 4.39 Å². The van der Waals surface area contributed by atoms with E-state index >= 15 is 0 Å². The molecule has 2 heterocycles. The number of benzene rings is 2. The van der Waals surface area contributed by atoms with Gasteiger partial charge in [-0.05, 0) is 29.0 Å². The molecule has 0 aliphatic rings. The standard InChI is InChI=1S/C18H12FN3S2/c19-15-8-13-6-7-23-17(13)9-14(15)10-20-22-18-21-16(11-24-18)12-4-2-1-3-5-12/h1-11H,(H,21,22). The Morgan fingerprint density at radius 1 is 1.08 bits per heavy atom. The topological polar surface area (TPSA) is 37.3 Å². The van der Waals surface area contributed by atoms with Crippen LogP contribution in [-0.2, 0) is 0 Å². The summed E-state index contributed by atoms with van der Waals surface area (Å²) >= 11 is 3.04. The van der Waals surface area contributed by atoms with E-state index in [1.54, 1.807) is 17.4 Å². The molecular weight excluding hydrogens is 341 g/mol. The smallest absolute Gasteiger partial charge is 0.203 e. The first kappa shape index (κ1) is 15.0. The highest BCUT2D eigenvalue weighted by molar-refractivity contribution is 7.17. The fourth-order valence-electron chi connectivity index (χ4n) is 2.32. The molecule has 0 aliphatic heterocycles. The van der Waals surface area contributed by atoms with Crippen LogP contribution < -0.4 is 5.43 Å². The van der Waals surface area contributed by atoms with Crippen LogP contribution in [0.5, 0.6) is 0 Å². The lowest BCUT2D eigenvalue weighted by atomic mass is 10.2. The molecule has 6 heteroatoms. The summed E-state index contributed by atoms with van der Waals surface area (Å²) in [6, 6.07) is 15.2. The van der Waals surface area contributed by atoms with Crippen molar-refractivity contribution in [2.24, 2.45) is 5.10 Å². The quantitative estimate of drug-likeness (QED) is 0.382. The van der Waals surface area contributed by atoms with Crippen molar-refractivity contribution in [1.82, 2.24) is 4.98 Å². The van der Waals surface area contributed by atoms with E-state index in [1.807, 2.05) is 47.2 Å². The zero-order valence-electron chi connectivity index (χ0n) is 12.4. The lowest BCUT2D eigenvalue weighted by Crippen LogP contribution is -1.93. The van der Waals surface area contributed by atoms with E-state index in [4.69, 9.17) is 0 Å². The summed E-state index contributed by atoms with van der Waals surface area (Å²) < 4.78 is 15.1. The van der Waals surface area contributed by atoms with E-state index in [-0.39, 0.29) is 5.82 Å². The van der Waals surface area contributed by atoms with Gasteiger partial charge in [-0.25, -0.2) is 9.37 Å². The number of hydrogen-bond donors (Lipinski definition) is 1. The molecule has 4 aromatic rings. The molecule has 0 atom stereocenters. The number of nitrogens with zero attached hydrogens (tertiary/aromatic N) is 2. The van der Waals surface area contributed by atoms with E-state index in [0.29, 0.717) is 10.7 Å². The molecule has 2 aromatic carbocycles. The number of aromatic nitrogens is 1. The first-order chi connectivity index (χ1) is 11.8. The Morgan fingerprint density at radius 2 is 1.96 bits per heavy atom. The fourth-order valence-corrected chi connectivity index (χ4v) is 3.81. The summed E-state index contributed by atoms with van der Waals surface area (Å²) in [7, 11) is 0. The Kier molecular flexibility index (Phi) is 4.06. The van der Waals surface area contributed by atoms with E-state index < -0.39 is 0 Å². The molecule has 3 nitrogen and oxygen atoms in total. The highest BCUT2D eigenvalue weighted by atomic mass is 32.1. The number of fused-ring (bicyclic) bond motifs is 1. The lowest BCUT2D eigenvalue weighted by molar-refractivity contribution is 0.628. The van der Waals surface area contributed by atoms with Gasteiger partial charge in [0, 0.05) is 21.2 Å². The minimum Gasteiger partial charge on any atom is -0.253 e. The predicted octanol–water partition coefficient (Wildman–Crippen LogP) is 5.61. The third kappa shape index (κ3) is 3.06. The molecule has 4 rings (SSSR count). The SMILES string of the molecule is Fc1cc2ccsc2cc1C=NNc1nc(-c2ccccc2)cs1. The predicted molar refractivity (Wildman–Crippen MR) is 101 cm³/mol. The van der Waals surface area contributed by atoms with Crippen LogP contribution in [0.4, 0.5) is 9.52 Å². The maximum absolute atomic E-state index is 14.0. The van der Waals surface area contributed by atoms with Gasteiger partial charge in [0.25, 0.3) is 0 Å². The van der Waals surface area contributed by atoms with Gasteiger partial charge in [-0.2, -0.15) is 5.10 Å². The second-order valence-corrected chi connectivity index (χ2v) is 6.91. The van der Waals surface area contributed by atoms with Crippen LogP contribution in [0.3, 0.4) is 0 Å². The van der Waals surface area contributed by atoms with Crippen molar-refractivity contribution >= 4 is 44.1 Å². The Balaban J connectivity index is 1.51. The summed E-state index contributed by atoms with van der Waals surface area (Å²) in [5, 5.41) is 9.60. The van der Waals surface area contributed by atoms with Crippen LogP contribution >= 0.6 is 22.7 Å². The third-order valence-corrected chi connectivity index (χ3v) is 5.14. The maximum Gasteiger partial charge on any atom is 0.203 e. The second-order valence-electron chi connectivity index (χ2n) is 5.11. The molecule has 0 spiro atoms. The van der Waals surface area contributed by atoms with Gasteiger partial charge in [0.05, 0.1) is 11.9 Å². The van der Waals surface area contributed by atoms with Crippen LogP contribution in [0.2, 0.25) is 0 Å². The van der Waals surface area contributed by atoms with E-state index in [2.05, 4.69) is 15.5 Å². The van der Waals surface area contributed by atoms with Gasteiger partial charge in [0.1, 0.15) is 5.82 Å². The summed E-state index contributed by atoms with van der Waals surface area (Å²) in [5.41, 5.74) is 5.27. The van der Waals surface area contributed by atoms with Gasteiger partial charge < -0.3 is 0 Å². The molecule has 1 N–H and O–H groups in total. The van der Waals surface area contributed by atoms with Crippen molar-refractivity contribution in [3.8, 4) is 11.3 Å². The summed E-state index contributed by atoms with van der Waals surface area (Å²) in [6.45, 7) is 0. The number of anilines is 1. The van der Waals surface area contributed by atoms with Crippen molar-refractivity contribution < 1.29 is 4.39 Å². The zero-order chi connectivity index (χ0) is 16.4. The minimum atomic E-state index is -0.282. The molecule has 0 fully saturated rings. The average Bonchev–Trinajstić information content (AvgIpc) is 3.25. The van der Waals surface area contributed by atoms with Gasteiger partial charge in [-0.1, -0.05) is 30.3 Å². The van der Waals surface area contributed by atoms with Crippen LogP contribution in [0.1, 0.15) is 5.56 Å². The first-order valence-electron chi connectivity index (χ1n) is 7.26. The maximum atomic E-state index is 14.0. The van der Waals surface area contributed by atoms with Gasteiger partial charge in [0.2, 0.25) is 5.13 Å². The Hall–Kier alpha value is -2.57. The molecule has 118 valence electrons. The molecule has 0 saturated carbocycles. The lowest BCUT2D eigenvalue weighted by Gasteiger charge is -1.98. The van der Waals surface area contributed by atoms with E-state index in [1.165, 1.54) is 23.6 Å². The number of rotatable bonds is 4. The monoisotopic (exact) mass is 353 g/mol. The van der Waals surface area contributed by atoms with Crippen molar-refractivity contribution in [1.29, 1.82) is 0 Å². The molecule has 0 amide bonds. The Labute approximate surface area is 146 Å². The van der Waals surface area contributed by atoms with Gasteiger partial charge in [-0.3, -0.25) is 5.43 Å². The first-order valence-corrected chi connectivity index (χ1v) is 9.02. The minimum absolute atomic E-state index is 0.282. The van der Waals surface area contributed by atoms with Crippen LogP contribution in [-0.4, -0.2) is 11.2 Å². The van der Waals surface area contributed by atoms with Crippen LogP contribution in [0.15, 0.2) is 64.4 Å². The van der Waals surface area contributed by atoms with Gasteiger partial charge >= 0.3 is 0 Å². The number of thiophene rings is 1. The molecule has 2 aromatic heterocycles. The number of halogens is 1. The average molecular weight is 353 g/mol. The van der Waals surface area contributed by atoms with Gasteiger partial charge in [-0.15, -0.1) is 22.7 Å². The number of thiazole rings is 1. The molecule has 0 bridgehead atoms. The van der Waals surface area contributed by atoms with E-state index in [0.717, 1.165) is 21.3 Å². The summed E-state index contributed by atoms with van der Waals surface area (Å²) in [5.74, 6) is -0.282. The highest BCUT2D eigenvalue weighted by Gasteiger charge is 2.05. The third-order valence-electron chi connectivity index (χ3n) is 3.51. The van der Waals surface area contributed by atoms with Gasteiger partial charge in [0.15, 0.2) is 0 Å².